The molecule has 0 bridgehead atoms. The minimum Gasteiger partial charge on any atom is -0.326 e. The highest BCUT2D eigenvalue weighted by atomic mass is 35.5. The van der Waals surface area contributed by atoms with Gasteiger partial charge in [0.15, 0.2) is 0 Å². The smallest absolute Gasteiger partial charge is 0.221 e. The predicted molar refractivity (Wildman–Crippen MR) is 87.5 cm³/mol. The second-order valence-corrected chi connectivity index (χ2v) is 5.41. The molecule has 0 heterocycles. The lowest BCUT2D eigenvalue weighted by Gasteiger charge is -2.16. The van der Waals surface area contributed by atoms with Crippen molar-refractivity contribution >= 4 is 23.2 Å². The first-order valence-electron chi connectivity index (χ1n) is 6.90. The van der Waals surface area contributed by atoms with Gasteiger partial charge in [0, 0.05) is 30.2 Å². The van der Waals surface area contributed by atoms with Crippen molar-refractivity contribution < 1.29 is 4.79 Å². The van der Waals surface area contributed by atoms with Crippen LogP contribution in [-0.4, -0.2) is 5.91 Å². The van der Waals surface area contributed by atoms with Crippen LogP contribution in [-0.2, 0) is 11.3 Å². The summed E-state index contributed by atoms with van der Waals surface area (Å²) in [5.74, 6) is -0.0618. The summed E-state index contributed by atoms with van der Waals surface area (Å²) >= 11 is 6.19. The van der Waals surface area contributed by atoms with Gasteiger partial charge < -0.3 is 10.6 Å². The Hall–Kier alpha value is -1.84. The van der Waals surface area contributed by atoms with Gasteiger partial charge in [0.25, 0.3) is 0 Å². The quantitative estimate of drug-likeness (QED) is 0.871. The van der Waals surface area contributed by atoms with Crippen molar-refractivity contribution in [3.05, 3.63) is 64.7 Å². The predicted octanol–water partition coefficient (Wildman–Crippen LogP) is 4.15. The third-order valence-electron chi connectivity index (χ3n) is 3.26. The van der Waals surface area contributed by atoms with Gasteiger partial charge in [-0.1, -0.05) is 41.9 Å². The molecule has 0 saturated carbocycles. The van der Waals surface area contributed by atoms with E-state index in [-0.39, 0.29) is 11.9 Å². The van der Waals surface area contributed by atoms with Crippen molar-refractivity contribution in [2.24, 2.45) is 0 Å². The fraction of sp³-hybridized carbons (Fsp3) is 0.235. The number of rotatable bonds is 5. The number of benzene rings is 2. The molecule has 1 amide bonds. The summed E-state index contributed by atoms with van der Waals surface area (Å²) in [6.45, 7) is 4.33. The van der Waals surface area contributed by atoms with Gasteiger partial charge in [0.05, 0.1) is 0 Å². The van der Waals surface area contributed by atoms with Crippen LogP contribution in [0.1, 0.15) is 31.0 Å². The Kier molecular flexibility index (Phi) is 5.37. The van der Waals surface area contributed by atoms with Crippen LogP contribution < -0.4 is 10.6 Å². The third kappa shape index (κ3) is 4.59. The molecule has 2 rings (SSSR count). The zero-order valence-corrected chi connectivity index (χ0v) is 12.9. The van der Waals surface area contributed by atoms with E-state index in [0.717, 1.165) is 28.4 Å². The van der Waals surface area contributed by atoms with Crippen LogP contribution >= 0.6 is 11.6 Å². The van der Waals surface area contributed by atoms with Crippen LogP contribution in [0, 0.1) is 0 Å². The van der Waals surface area contributed by atoms with Gasteiger partial charge in [0.2, 0.25) is 5.91 Å². The van der Waals surface area contributed by atoms with E-state index in [0.29, 0.717) is 0 Å². The van der Waals surface area contributed by atoms with E-state index < -0.39 is 0 Å². The van der Waals surface area contributed by atoms with Crippen molar-refractivity contribution in [2.45, 2.75) is 26.4 Å². The number of halogens is 1. The van der Waals surface area contributed by atoms with E-state index >= 15 is 0 Å². The lowest BCUT2D eigenvalue weighted by Crippen LogP contribution is -2.18. The highest BCUT2D eigenvalue weighted by Gasteiger charge is 2.08. The molecule has 1 atom stereocenters. The largest absolute Gasteiger partial charge is 0.326 e. The molecule has 2 aromatic carbocycles. The highest BCUT2D eigenvalue weighted by molar-refractivity contribution is 6.31. The summed E-state index contributed by atoms with van der Waals surface area (Å²) < 4.78 is 0. The first kappa shape index (κ1) is 15.5. The average Bonchev–Trinajstić information content (AvgIpc) is 2.46. The standard InChI is InChI=1S/C17H19ClN2O/c1-12(16-5-3-4-6-17(16)18)19-11-14-7-9-15(10-8-14)20-13(2)21/h3-10,12,19H,11H2,1-2H3,(H,20,21). The van der Waals surface area contributed by atoms with Crippen molar-refractivity contribution in [1.29, 1.82) is 0 Å². The van der Waals surface area contributed by atoms with Crippen LogP contribution in [0.2, 0.25) is 5.02 Å². The molecule has 0 aromatic heterocycles. The van der Waals surface area contributed by atoms with Crippen molar-refractivity contribution in [2.75, 3.05) is 5.32 Å². The Bertz CT molecular complexity index is 610. The van der Waals surface area contributed by atoms with Gasteiger partial charge >= 0.3 is 0 Å². The Morgan fingerprint density at radius 2 is 1.81 bits per heavy atom. The molecule has 2 N–H and O–H groups in total. The minimum absolute atomic E-state index is 0.0618. The Balaban J connectivity index is 1.94. The molecule has 0 aliphatic carbocycles. The lowest BCUT2D eigenvalue weighted by atomic mass is 10.1. The number of carbonyl (C=O) groups is 1. The van der Waals surface area contributed by atoms with Gasteiger partial charge in [0.1, 0.15) is 0 Å². The summed E-state index contributed by atoms with van der Waals surface area (Å²) in [6, 6.07) is 15.8. The Morgan fingerprint density at radius 3 is 2.43 bits per heavy atom. The summed E-state index contributed by atoms with van der Waals surface area (Å²) in [5, 5.41) is 6.97. The molecule has 4 heteroatoms. The van der Waals surface area contributed by atoms with Gasteiger partial charge in [-0.25, -0.2) is 0 Å². The number of hydrogen-bond acceptors (Lipinski definition) is 2. The second kappa shape index (κ2) is 7.25. The van der Waals surface area contributed by atoms with Gasteiger partial charge in [-0.2, -0.15) is 0 Å². The Morgan fingerprint density at radius 1 is 1.14 bits per heavy atom. The summed E-state index contributed by atoms with van der Waals surface area (Å²) in [4.78, 5) is 11.0. The first-order chi connectivity index (χ1) is 10.1. The fourth-order valence-electron chi connectivity index (χ4n) is 2.12. The maximum atomic E-state index is 11.0. The third-order valence-corrected chi connectivity index (χ3v) is 3.60. The number of amides is 1. The number of anilines is 1. The fourth-order valence-corrected chi connectivity index (χ4v) is 2.42. The van der Waals surface area contributed by atoms with E-state index in [1.165, 1.54) is 6.92 Å². The van der Waals surface area contributed by atoms with E-state index in [9.17, 15) is 4.79 Å². The van der Waals surface area contributed by atoms with Crippen LogP contribution in [0.25, 0.3) is 0 Å². The molecule has 0 fully saturated rings. The SMILES string of the molecule is CC(=O)Nc1ccc(CNC(C)c2ccccc2Cl)cc1. The maximum absolute atomic E-state index is 11.0. The maximum Gasteiger partial charge on any atom is 0.221 e. The minimum atomic E-state index is -0.0618. The van der Waals surface area contributed by atoms with E-state index in [1.807, 2.05) is 48.5 Å². The second-order valence-electron chi connectivity index (χ2n) is 5.00. The highest BCUT2D eigenvalue weighted by Crippen LogP contribution is 2.22. The van der Waals surface area contributed by atoms with Crippen LogP contribution in [0.4, 0.5) is 5.69 Å². The molecule has 110 valence electrons. The summed E-state index contributed by atoms with van der Waals surface area (Å²) in [7, 11) is 0. The molecular weight excluding hydrogens is 284 g/mol. The number of nitrogens with one attached hydrogen (secondary N) is 2. The topological polar surface area (TPSA) is 41.1 Å². The summed E-state index contributed by atoms with van der Waals surface area (Å²) in [5.41, 5.74) is 3.06. The zero-order valence-electron chi connectivity index (χ0n) is 12.2. The molecule has 2 aromatic rings. The van der Waals surface area contributed by atoms with E-state index in [1.54, 1.807) is 0 Å². The molecule has 3 nitrogen and oxygen atoms in total. The van der Waals surface area contributed by atoms with Crippen molar-refractivity contribution in [1.82, 2.24) is 5.32 Å². The van der Waals surface area contributed by atoms with Crippen LogP contribution in [0.15, 0.2) is 48.5 Å². The Labute approximate surface area is 130 Å². The monoisotopic (exact) mass is 302 g/mol. The zero-order chi connectivity index (χ0) is 15.2. The molecule has 0 radical (unpaired) electrons. The van der Waals surface area contributed by atoms with E-state index in [4.69, 9.17) is 11.6 Å². The van der Waals surface area contributed by atoms with Gasteiger partial charge in [-0.15, -0.1) is 0 Å². The lowest BCUT2D eigenvalue weighted by molar-refractivity contribution is -0.114. The summed E-state index contributed by atoms with van der Waals surface area (Å²) in [6.07, 6.45) is 0. The van der Waals surface area contributed by atoms with Gasteiger partial charge in [-0.3, -0.25) is 4.79 Å². The molecule has 1 unspecified atom stereocenters. The first-order valence-corrected chi connectivity index (χ1v) is 7.28. The number of carbonyl (C=O) groups excluding carboxylic acids is 1. The van der Waals surface area contributed by atoms with Crippen LogP contribution in [0.3, 0.4) is 0 Å². The van der Waals surface area contributed by atoms with E-state index in [2.05, 4.69) is 17.6 Å². The average molecular weight is 303 g/mol. The number of hydrogen-bond donors (Lipinski definition) is 2. The molecule has 0 aliphatic rings. The van der Waals surface area contributed by atoms with Crippen molar-refractivity contribution in [3.63, 3.8) is 0 Å². The molecular formula is C17H19ClN2O. The van der Waals surface area contributed by atoms with Gasteiger partial charge in [-0.05, 0) is 36.2 Å². The molecule has 0 spiro atoms. The molecule has 0 aliphatic heterocycles. The van der Waals surface area contributed by atoms with Crippen LogP contribution in [0.5, 0.6) is 0 Å². The molecule has 0 saturated heterocycles. The van der Waals surface area contributed by atoms with Crippen molar-refractivity contribution in [3.8, 4) is 0 Å². The molecule has 21 heavy (non-hydrogen) atoms. The normalized spacial score (nSPS) is 12.0.